The summed E-state index contributed by atoms with van der Waals surface area (Å²) in [6.07, 6.45) is 2.57. The molecule has 4 amide bonds. The van der Waals surface area contributed by atoms with Crippen LogP contribution in [0.4, 0.5) is 4.79 Å². The fourth-order valence-electron chi connectivity index (χ4n) is 7.20. The van der Waals surface area contributed by atoms with Crippen LogP contribution in [0.15, 0.2) is 121 Å². The van der Waals surface area contributed by atoms with Crippen molar-refractivity contribution in [3.8, 4) is 5.75 Å². The summed E-state index contributed by atoms with van der Waals surface area (Å²) in [5.74, 6) is -0.440. The second-order valence-corrected chi connectivity index (χ2v) is 15.6. The number of nitrogens with zero attached hydrogens (tertiary/aromatic N) is 4. The van der Waals surface area contributed by atoms with Crippen molar-refractivity contribution in [3.05, 3.63) is 144 Å². The van der Waals surface area contributed by atoms with E-state index >= 15 is 0 Å². The Balaban J connectivity index is 0.00000121. The number of H-pyrrole nitrogens is 1. The Morgan fingerprint density at radius 1 is 1.00 bits per heavy atom. The van der Waals surface area contributed by atoms with Crippen molar-refractivity contribution in [3.63, 3.8) is 0 Å². The Hall–Kier alpha value is -3.78. The van der Waals surface area contributed by atoms with Crippen molar-refractivity contribution in [2.24, 2.45) is 0 Å². The average Bonchev–Trinajstić information content (AvgIpc) is 3.66. The van der Waals surface area contributed by atoms with Crippen LogP contribution in [0.2, 0.25) is 0 Å². The summed E-state index contributed by atoms with van der Waals surface area (Å²) in [5.41, 5.74) is 4.72. The Morgan fingerprint density at radius 3 is 2.29 bits per heavy atom. The van der Waals surface area contributed by atoms with Crippen molar-refractivity contribution in [1.29, 1.82) is 0 Å². The molecule has 320 valence electrons. The molecule has 2 aliphatic heterocycles. The number of hydrazine groups is 1. The van der Waals surface area contributed by atoms with Gasteiger partial charge in [0.05, 0.1) is 18.6 Å². The molecule has 0 radical (unpaired) electrons. The van der Waals surface area contributed by atoms with E-state index in [1.807, 2.05) is 55.5 Å². The van der Waals surface area contributed by atoms with E-state index < -0.39 is 37.9 Å². The van der Waals surface area contributed by atoms with Gasteiger partial charge < -0.3 is 47.3 Å². The van der Waals surface area contributed by atoms with Crippen molar-refractivity contribution in [2.45, 2.75) is 50.5 Å². The fourth-order valence-corrected chi connectivity index (χ4v) is 7.87. The standard InChI is InChI=1S/C35H37N6O7P.C7H8O2S.2Na.H2O.2H/c1-3-16-39-22-32(43)40-30(17-24-12-14-27(15-13-24)48-49(46)47)34(44)38(20-26-10-7-11-28-29(23(2)42)19-36-33(26)28)21-31(40)41(39)35(45)37-18-25-8-5-4-6-9-25;1-6-2-4-7(5-3-6)10(8)9;;;;;/h3-15,19,30-31,36,46-47H,1,16-18,20-22H2,2H3,(H,37,45);2-5H,1H3,(H,8,9);;;1H2;;/q;;2*+1;;2*-1/p-1/t30-,31-;;;;;;/m0....../s1. The van der Waals surface area contributed by atoms with Gasteiger partial charge in [-0.15, -0.1) is 6.58 Å². The summed E-state index contributed by atoms with van der Waals surface area (Å²) in [4.78, 5) is 79.8. The number of urea groups is 1. The molecule has 6 N–H and O–H groups in total. The summed E-state index contributed by atoms with van der Waals surface area (Å²) in [6.45, 7) is 7.80. The molecule has 0 spiro atoms. The number of benzene rings is 4. The number of aromatic nitrogens is 1. The monoisotopic (exact) mass is 905 g/mol. The third-order valence-electron chi connectivity index (χ3n) is 9.96. The largest absolute Gasteiger partial charge is 1.00 e. The maximum Gasteiger partial charge on any atom is 1.00 e. The Bertz CT molecular complexity index is 2350. The molecule has 62 heavy (non-hydrogen) atoms. The molecule has 7 rings (SSSR count). The minimum absolute atomic E-state index is 0. The summed E-state index contributed by atoms with van der Waals surface area (Å²) in [5, 5.41) is 6.89. The number of Topliss-reactive ketones (excluding diaryl/α,β-unsaturated/α-hetero) is 1. The Kier molecular flexibility index (Phi) is 20.6. The number of para-hydroxylation sites is 1. The third-order valence-corrected chi connectivity index (χ3v) is 11.0. The molecule has 1 unspecified atom stereocenters. The van der Waals surface area contributed by atoms with Gasteiger partial charge in [0, 0.05) is 48.1 Å². The first-order valence-electron chi connectivity index (χ1n) is 18.6. The van der Waals surface area contributed by atoms with Crippen molar-refractivity contribution in [1.82, 2.24) is 30.1 Å². The number of piperazine rings is 1. The normalized spacial score (nSPS) is 16.5. The number of hydrogen-bond acceptors (Lipinski definition) is 10. The van der Waals surface area contributed by atoms with Gasteiger partial charge in [0.15, 0.2) is 5.78 Å². The van der Waals surface area contributed by atoms with E-state index in [0.717, 1.165) is 27.6 Å². The average molecular weight is 906 g/mol. The first-order chi connectivity index (χ1) is 28.3. The van der Waals surface area contributed by atoms with Crippen LogP contribution in [0, 0.1) is 6.92 Å². The molecule has 3 heterocycles. The molecule has 16 nitrogen and oxygen atoms in total. The molecular formula is C42H48N6Na2O10PS-. The van der Waals surface area contributed by atoms with Crippen LogP contribution in [-0.4, -0.2) is 104 Å². The molecule has 5 aromatic rings. The van der Waals surface area contributed by atoms with Crippen LogP contribution >= 0.6 is 8.60 Å². The van der Waals surface area contributed by atoms with Crippen molar-refractivity contribution < 1.29 is 110 Å². The Morgan fingerprint density at radius 2 is 1.68 bits per heavy atom. The van der Waals surface area contributed by atoms with E-state index in [4.69, 9.17) is 4.52 Å². The number of carbonyl (C=O) groups is 4. The molecule has 1 aromatic heterocycles. The zero-order valence-electron chi connectivity index (χ0n) is 36.9. The number of aryl methyl sites for hydroxylation is 1. The van der Waals surface area contributed by atoms with Gasteiger partial charge in [-0.3, -0.25) is 18.6 Å². The first-order valence-corrected chi connectivity index (χ1v) is 20.9. The molecule has 2 aliphatic rings. The molecule has 2 saturated heterocycles. The van der Waals surface area contributed by atoms with Crippen LogP contribution in [-0.2, 0) is 40.2 Å². The molecule has 0 aliphatic carbocycles. The fraction of sp³-hybridized carbons (Fsp3) is 0.238. The van der Waals surface area contributed by atoms with Gasteiger partial charge in [0.25, 0.3) is 0 Å². The zero-order valence-corrected chi connectivity index (χ0v) is 40.6. The zero-order chi connectivity index (χ0) is 42.2. The topological polar surface area (TPSA) is 230 Å². The van der Waals surface area contributed by atoms with Crippen molar-refractivity contribution in [2.75, 3.05) is 19.6 Å². The predicted octanol–water partition coefficient (Wildman–Crippen LogP) is -1.66. The van der Waals surface area contributed by atoms with E-state index in [-0.39, 0.29) is 130 Å². The molecule has 20 heteroatoms. The van der Waals surface area contributed by atoms with Crippen LogP contribution in [0.5, 0.6) is 5.75 Å². The molecule has 3 atom stereocenters. The van der Waals surface area contributed by atoms with Gasteiger partial charge in [-0.1, -0.05) is 84.4 Å². The quantitative estimate of drug-likeness (QED) is 0.0366. The maximum absolute atomic E-state index is 14.4. The number of amides is 4. The van der Waals surface area contributed by atoms with E-state index in [1.165, 1.54) is 16.8 Å². The summed E-state index contributed by atoms with van der Waals surface area (Å²) < 4.78 is 25.6. The van der Waals surface area contributed by atoms with E-state index in [0.29, 0.717) is 16.0 Å². The number of aromatic amines is 1. The van der Waals surface area contributed by atoms with E-state index in [1.54, 1.807) is 70.7 Å². The molecule has 2 fully saturated rings. The summed E-state index contributed by atoms with van der Waals surface area (Å²) >= 11 is -2.09. The number of carbonyl (C=O) groups excluding carboxylic acids is 4. The molecule has 4 aromatic carbocycles. The number of fused-ring (bicyclic) bond motifs is 2. The van der Waals surface area contributed by atoms with Crippen LogP contribution < -0.4 is 69.0 Å². The second-order valence-electron chi connectivity index (χ2n) is 14.0. The van der Waals surface area contributed by atoms with Crippen LogP contribution in [0.3, 0.4) is 0 Å². The second kappa shape index (κ2) is 24.3. The molecule has 0 bridgehead atoms. The van der Waals surface area contributed by atoms with Crippen molar-refractivity contribution >= 4 is 54.2 Å². The number of hydrogen-bond donors (Lipinski definition) is 4. The van der Waals surface area contributed by atoms with Gasteiger partial charge in [-0.05, 0) is 65.9 Å². The smallest absolute Gasteiger partial charge is 1.00 e. The maximum atomic E-state index is 14.4. The van der Waals surface area contributed by atoms with Crippen LogP contribution in [0.25, 0.3) is 10.9 Å². The van der Waals surface area contributed by atoms with Gasteiger partial charge in [0.2, 0.25) is 11.8 Å². The molecular weight excluding hydrogens is 858 g/mol. The first kappa shape index (κ1) is 52.6. The summed E-state index contributed by atoms with van der Waals surface area (Å²) in [6, 6.07) is 26.9. The van der Waals surface area contributed by atoms with Gasteiger partial charge in [0.1, 0.15) is 18.0 Å². The third kappa shape index (κ3) is 12.9. The number of nitrogens with one attached hydrogen (secondary N) is 2. The predicted molar refractivity (Wildman–Crippen MR) is 227 cm³/mol. The van der Waals surface area contributed by atoms with Gasteiger partial charge in [-0.25, -0.2) is 14.8 Å². The Labute approximate surface area is 410 Å². The summed E-state index contributed by atoms with van der Waals surface area (Å²) in [7, 11) is -2.60. The molecule has 0 saturated carbocycles. The number of ketones is 1. The number of rotatable bonds is 12. The van der Waals surface area contributed by atoms with Crippen LogP contribution in [0.1, 0.15) is 42.4 Å². The van der Waals surface area contributed by atoms with Gasteiger partial charge >= 0.3 is 73.7 Å². The van der Waals surface area contributed by atoms with Gasteiger partial charge in [-0.2, -0.15) is 0 Å². The minimum atomic E-state index is -2.60. The minimum Gasteiger partial charge on any atom is -1.00 e. The SMILES string of the molecule is C=CCN1CC(=O)N2[C@@H](Cc3ccc(OP(O)O)cc3)C(=O)N(Cc3cccc4c(C(C)=O)c[nH]c34)C[C@@H]2N1C(=O)NCc1ccccc1.Cc1ccc(S(=O)[O-])cc1.O.[H-].[H-].[Na+].[Na+]. The van der Waals surface area contributed by atoms with E-state index in [2.05, 4.69) is 16.9 Å². The van der Waals surface area contributed by atoms with E-state index in [9.17, 15) is 37.7 Å².